The molecule has 0 bridgehead atoms. The molecule has 0 saturated carbocycles. The fraction of sp³-hybridized carbons (Fsp3) is 0.100. The van der Waals surface area contributed by atoms with Crippen LogP contribution in [0.3, 0.4) is 0 Å². The number of benzene rings is 1. The highest BCUT2D eigenvalue weighted by Gasteiger charge is 2.05. The Labute approximate surface area is 88.8 Å². The maximum absolute atomic E-state index is 13.3. The van der Waals surface area contributed by atoms with Gasteiger partial charge in [0, 0.05) is 11.5 Å². The molecule has 1 heterocycles. The number of ether oxygens (including phenoxy) is 1. The highest BCUT2D eigenvalue weighted by atomic mass is 79.9. The second kappa shape index (κ2) is 3.53. The lowest BCUT2D eigenvalue weighted by Gasteiger charge is -2.03. The third kappa shape index (κ3) is 1.57. The molecule has 14 heavy (non-hydrogen) atoms. The number of fused-ring (bicyclic) bond motifs is 1. The molecule has 0 aliphatic heterocycles. The first-order valence-corrected chi connectivity index (χ1v) is 4.80. The molecule has 0 aliphatic rings. The average Bonchev–Trinajstić information content (AvgIpc) is 2.16. The summed E-state index contributed by atoms with van der Waals surface area (Å²) in [4.78, 5) is 4.13. The molecular weight excluding hydrogens is 249 g/mol. The third-order valence-corrected chi connectivity index (χ3v) is 2.37. The summed E-state index contributed by atoms with van der Waals surface area (Å²) in [5, 5.41) is 0.853. The number of methoxy groups -OCH3 is 1. The van der Waals surface area contributed by atoms with Gasteiger partial charge in [-0.15, -0.1) is 0 Å². The molecule has 0 N–H and O–H groups in total. The van der Waals surface area contributed by atoms with Crippen LogP contribution in [0.15, 0.2) is 28.9 Å². The Bertz CT molecular complexity index is 487. The maximum Gasteiger partial charge on any atom is 0.167 e. The van der Waals surface area contributed by atoms with Gasteiger partial charge in [-0.3, -0.25) is 0 Å². The summed E-state index contributed by atoms with van der Waals surface area (Å²) in [6.45, 7) is 0. The van der Waals surface area contributed by atoms with Crippen molar-refractivity contribution in [1.29, 1.82) is 0 Å². The summed E-state index contributed by atoms with van der Waals surface area (Å²) in [5.41, 5.74) is 0.609. The number of hydrogen-bond acceptors (Lipinski definition) is 2. The summed E-state index contributed by atoms with van der Waals surface area (Å²) in [7, 11) is 1.44. The average molecular weight is 256 g/mol. The predicted molar refractivity (Wildman–Crippen MR) is 56.0 cm³/mol. The van der Waals surface area contributed by atoms with E-state index >= 15 is 0 Å². The Morgan fingerprint density at radius 3 is 2.86 bits per heavy atom. The van der Waals surface area contributed by atoms with Gasteiger partial charge in [0.1, 0.15) is 4.60 Å². The van der Waals surface area contributed by atoms with Crippen molar-refractivity contribution in [3.05, 3.63) is 34.7 Å². The van der Waals surface area contributed by atoms with E-state index in [0.717, 1.165) is 5.39 Å². The van der Waals surface area contributed by atoms with Crippen molar-refractivity contribution in [2.24, 2.45) is 0 Å². The lowest BCUT2D eigenvalue weighted by atomic mass is 10.2. The number of rotatable bonds is 1. The van der Waals surface area contributed by atoms with E-state index in [-0.39, 0.29) is 5.75 Å². The summed E-state index contributed by atoms with van der Waals surface area (Å²) in [5.74, 6) is -0.160. The normalized spacial score (nSPS) is 10.5. The molecule has 2 nitrogen and oxygen atoms in total. The monoisotopic (exact) mass is 255 g/mol. The van der Waals surface area contributed by atoms with Crippen LogP contribution < -0.4 is 4.74 Å². The maximum atomic E-state index is 13.3. The lowest BCUT2D eigenvalue weighted by molar-refractivity contribution is 0.387. The number of aromatic nitrogens is 1. The Kier molecular flexibility index (Phi) is 2.37. The van der Waals surface area contributed by atoms with Crippen LogP contribution in [0, 0.1) is 5.82 Å². The van der Waals surface area contributed by atoms with E-state index in [4.69, 9.17) is 4.74 Å². The van der Waals surface area contributed by atoms with Gasteiger partial charge in [0.15, 0.2) is 11.6 Å². The summed E-state index contributed by atoms with van der Waals surface area (Å²) >= 11 is 3.23. The molecule has 1 aromatic carbocycles. The lowest BCUT2D eigenvalue weighted by Crippen LogP contribution is -1.89. The number of halogens is 2. The van der Waals surface area contributed by atoms with Crippen molar-refractivity contribution in [2.75, 3.05) is 7.11 Å². The Morgan fingerprint density at radius 2 is 2.14 bits per heavy atom. The van der Waals surface area contributed by atoms with E-state index in [1.165, 1.54) is 13.2 Å². The molecular formula is C10H7BrFNO. The quantitative estimate of drug-likeness (QED) is 0.731. The van der Waals surface area contributed by atoms with Crippen LogP contribution in [-0.2, 0) is 0 Å². The van der Waals surface area contributed by atoms with Crippen molar-refractivity contribution >= 4 is 26.8 Å². The zero-order chi connectivity index (χ0) is 10.1. The molecule has 0 radical (unpaired) electrons. The highest BCUT2D eigenvalue weighted by Crippen LogP contribution is 2.24. The molecule has 0 saturated heterocycles. The van der Waals surface area contributed by atoms with Crippen LogP contribution in [0.4, 0.5) is 4.39 Å². The van der Waals surface area contributed by atoms with E-state index in [9.17, 15) is 4.39 Å². The fourth-order valence-electron chi connectivity index (χ4n) is 1.26. The highest BCUT2D eigenvalue weighted by molar-refractivity contribution is 9.10. The molecule has 2 aromatic rings. The van der Waals surface area contributed by atoms with E-state index in [1.807, 2.05) is 6.07 Å². The number of hydrogen-bond donors (Lipinski definition) is 0. The molecule has 0 spiro atoms. The van der Waals surface area contributed by atoms with Gasteiger partial charge in [-0.25, -0.2) is 9.37 Å². The largest absolute Gasteiger partial charge is 0.494 e. The van der Waals surface area contributed by atoms with Crippen LogP contribution in [0.1, 0.15) is 0 Å². The third-order valence-electron chi connectivity index (χ3n) is 1.93. The molecule has 0 amide bonds. The van der Waals surface area contributed by atoms with Gasteiger partial charge in [-0.1, -0.05) is 0 Å². The van der Waals surface area contributed by atoms with Crippen molar-refractivity contribution in [3.63, 3.8) is 0 Å². The first-order valence-electron chi connectivity index (χ1n) is 4.00. The molecule has 0 atom stereocenters. The van der Waals surface area contributed by atoms with Crippen LogP contribution in [0.5, 0.6) is 5.75 Å². The van der Waals surface area contributed by atoms with Crippen LogP contribution >= 0.6 is 15.9 Å². The van der Waals surface area contributed by atoms with E-state index < -0.39 is 5.82 Å². The van der Waals surface area contributed by atoms with Crippen LogP contribution in [-0.4, -0.2) is 12.1 Å². The van der Waals surface area contributed by atoms with Crippen molar-refractivity contribution in [2.45, 2.75) is 0 Å². The number of pyridine rings is 1. The Balaban J connectivity index is 2.73. The molecule has 4 heteroatoms. The smallest absolute Gasteiger partial charge is 0.167 e. The van der Waals surface area contributed by atoms with Gasteiger partial charge in [0.2, 0.25) is 0 Å². The summed E-state index contributed by atoms with van der Waals surface area (Å²) in [6.07, 6.45) is 0. The van der Waals surface area contributed by atoms with Crippen molar-refractivity contribution < 1.29 is 9.13 Å². The first-order chi connectivity index (χ1) is 6.70. The van der Waals surface area contributed by atoms with E-state index in [2.05, 4.69) is 20.9 Å². The summed E-state index contributed by atoms with van der Waals surface area (Å²) < 4.78 is 18.8. The van der Waals surface area contributed by atoms with Crippen molar-refractivity contribution in [1.82, 2.24) is 4.98 Å². The topological polar surface area (TPSA) is 22.1 Å². The second-order valence-corrected chi connectivity index (χ2v) is 3.63. The van der Waals surface area contributed by atoms with Crippen LogP contribution in [0.25, 0.3) is 10.9 Å². The Morgan fingerprint density at radius 1 is 1.36 bits per heavy atom. The molecule has 0 fully saturated rings. The van der Waals surface area contributed by atoms with E-state index in [1.54, 1.807) is 12.1 Å². The molecule has 0 unspecified atom stereocenters. The molecule has 2 rings (SSSR count). The van der Waals surface area contributed by atoms with Crippen molar-refractivity contribution in [3.8, 4) is 5.75 Å². The molecule has 0 aliphatic carbocycles. The minimum absolute atomic E-state index is 0.238. The summed E-state index contributed by atoms with van der Waals surface area (Å²) in [6, 6.07) is 6.65. The second-order valence-electron chi connectivity index (χ2n) is 2.81. The zero-order valence-corrected chi connectivity index (χ0v) is 9.01. The first kappa shape index (κ1) is 9.40. The minimum atomic E-state index is -0.398. The van der Waals surface area contributed by atoms with E-state index in [0.29, 0.717) is 10.1 Å². The Hall–Kier alpha value is -1.16. The van der Waals surface area contributed by atoms with Gasteiger partial charge >= 0.3 is 0 Å². The van der Waals surface area contributed by atoms with Gasteiger partial charge in [0.25, 0.3) is 0 Å². The number of nitrogens with zero attached hydrogens (tertiary/aromatic N) is 1. The zero-order valence-electron chi connectivity index (χ0n) is 7.42. The molecule has 1 aromatic heterocycles. The predicted octanol–water partition coefficient (Wildman–Crippen LogP) is 3.15. The van der Waals surface area contributed by atoms with Gasteiger partial charge in [0.05, 0.1) is 12.6 Å². The van der Waals surface area contributed by atoms with Gasteiger partial charge in [-0.2, -0.15) is 0 Å². The minimum Gasteiger partial charge on any atom is -0.494 e. The van der Waals surface area contributed by atoms with Crippen LogP contribution in [0.2, 0.25) is 0 Å². The standard InChI is InChI=1S/C10H7BrFNO/c1-14-9-4-6-2-3-10(11)13-8(6)5-7(9)12/h2-5H,1H3. The SMILES string of the molecule is COc1cc2ccc(Br)nc2cc1F. The van der Waals surface area contributed by atoms with Gasteiger partial charge < -0.3 is 4.74 Å². The van der Waals surface area contributed by atoms with Gasteiger partial charge in [-0.05, 0) is 34.1 Å². The molecule has 72 valence electrons. The fourth-order valence-corrected chi connectivity index (χ4v) is 1.58.